The molecule has 6 N–H and O–H groups in total. The zero-order valence-electron chi connectivity index (χ0n) is 22.9. The van der Waals surface area contributed by atoms with Crippen molar-refractivity contribution < 1.29 is 18.0 Å². The summed E-state index contributed by atoms with van der Waals surface area (Å²) in [5, 5.41) is 3.39. The number of halogens is 1. The van der Waals surface area contributed by atoms with Crippen molar-refractivity contribution in [3.05, 3.63) is 82.5 Å². The number of amides is 1. The van der Waals surface area contributed by atoms with Crippen molar-refractivity contribution >= 4 is 45.0 Å². The van der Waals surface area contributed by atoms with Crippen LogP contribution in [0.3, 0.4) is 0 Å². The van der Waals surface area contributed by atoms with Crippen molar-refractivity contribution in [2.75, 3.05) is 24.6 Å². The lowest BCUT2D eigenvalue weighted by Gasteiger charge is -2.39. The zero-order chi connectivity index (χ0) is 30.1. The van der Waals surface area contributed by atoms with E-state index in [0.29, 0.717) is 37.9 Å². The summed E-state index contributed by atoms with van der Waals surface area (Å²) in [6.45, 7) is 2.71. The summed E-state index contributed by atoms with van der Waals surface area (Å²) in [7, 11) is -3.87. The molecule has 0 radical (unpaired) electrons. The van der Waals surface area contributed by atoms with Gasteiger partial charge in [-0.25, -0.2) is 23.1 Å². The number of carbonyl (C=O) groups excluding carboxylic acids is 2. The van der Waals surface area contributed by atoms with Crippen LogP contribution in [0.5, 0.6) is 0 Å². The Hall–Kier alpha value is -4.07. The van der Waals surface area contributed by atoms with Crippen molar-refractivity contribution in [1.82, 2.24) is 29.9 Å². The molecular weight excluding hydrogens is 580 g/mol. The van der Waals surface area contributed by atoms with E-state index in [1.54, 1.807) is 48.5 Å². The number of anilines is 2. The monoisotopic (exact) mass is 610 g/mol. The van der Waals surface area contributed by atoms with Gasteiger partial charge < -0.3 is 21.7 Å². The highest BCUT2D eigenvalue weighted by Crippen LogP contribution is 2.35. The van der Waals surface area contributed by atoms with Crippen LogP contribution in [0.1, 0.15) is 65.1 Å². The van der Waals surface area contributed by atoms with E-state index in [-0.39, 0.29) is 38.8 Å². The van der Waals surface area contributed by atoms with E-state index in [9.17, 15) is 18.0 Å². The van der Waals surface area contributed by atoms with Gasteiger partial charge in [-0.2, -0.15) is 0 Å². The fraction of sp³-hybridized carbons (Fsp3) is 0.321. The number of likely N-dealkylation sites (tertiary alicyclic amines) is 1. The minimum atomic E-state index is -3.87. The minimum Gasteiger partial charge on any atom is -0.383 e. The molecule has 2 aromatic heterocycles. The van der Waals surface area contributed by atoms with Crippen LogP contribution in [0.4, 0.5) is 11.6 Å². The van der Waals surface area contributed by atoms with Gasteiger partial charge in [0.1, 0.15) is 0 Å². The number of pyridine rings is 1. The van der Waals surface area contributed by atoms with Crippen molar-refractivity contribution in [3.8, 4) is 0 Å². The molecule has 2 aliphatic heterocycles. The highest BCUT2D eigenvalue weighted by atomic mass is 35.5. The molecule has 220 valence electrons. The maximum atomic E-state index is 13.4. The van der Waals surface area contributed by atoms with Gasteiger partial charge in [-0.3, -0.25) is 14.6 Å². The molecule has 3 aromatic rings. The van der Waals surface area contributed by atoms with E-state index in [4.69, 9.17) is 23.1 Å². The van der Waals surface area contributed by atoms with Gasteiger partial charge in [-0.1, -0.05) is 17.7 Å². The number of benzene rings is 1. The largest absolute Gasteiger partial charge is 0.383 e. The third-order valence-corrected chi connectivity index (χ3v) is 9.50. The fourth-order valence-corrected chi connectivity index (χ4v) is 6.71. The van der Waals surface area contributed by atoms with Gasteiger partial charge in [-0.05, 0) is 68.5 Å². The zero-order valence-corrected chi connectivity index (χ0v) is 24.5. The standard InChI is InChI=1S/C28H31ClN8O4S/c1-17(18-6-11-32-12-7-18)36-42(40,41)21-4-2-3-19(15-21)27(39)37-13-9-28(10-14-37)8-5-20(35-28)16-22(38)23-25(30)34-26(31)24(29)33-23/h2-4,6-7,11-12,15-17,35-36H,5,8-10,13-14H2,1H3,(H4,30,31,34)/b20-16+. The molecule has 5 rings (SSSR count). The predicted octanol–water partition coefficient (Wildman–Crippen LogP) is 2.85. The molecule has 4 heterocycles. The predicted molar refractivity (Wildman–Crippen MR) is 158 cm³/mol. The van der Waals surface area contributed by atoms with E-state index in [1.807, 2.05) is 0 Å². The second-order valence-electron chi connectivity index (χ2n) is 10.5. The quantitative estimate of drug-likeness (QED) is 0.229. The highest BCUT2D eigenvalue weighted by Gasteiger charge is 2.40. The molecular formula is C28H31ClN8O4S. The summed E-state index contributed by atoms with van der Waals surface area (Å²) in [5.41, 5.74) is 12.9. The average molecular weight is 611 g/mol. The molecule has 0 saturated carbocycles. The SMILES string of the molecule is CC(NS(=O)(=O)c1cccc(C(=O)N2CCC3(CC/C(=C\C(=O)c4nc(Cl)c(N)nc4N)N3)CC2)c1)c1ccncc1. The number of carbonyl (C=O) groups is 2. The number of nitrogens with zero attached hydrogens (tertiary/aromatic N) is 4. The molecule has 42 heavy (non-hydrogen) atoms. The molecule has 1 spiro atoms. The first kappa shape index (κ1) is 29.4. The summed E-state index contributed by atoms with van der Waals surface area (Å²) in [4.78, 5) is 39.7. The fourth-order valence-electron chi connectivity index (χ4n) is 5.31. The first-order valence-corrected chi connectivity index (χ1v) is 15.3. The first-order valence-electron chi connectivity index (χ1n) is 13.4. The van der Waals surface area contributed by atoms with E-state index in [1.165, 1.54) is 18.2 Å². The number of allylic oxidation sites excluding steroid dienone is 2. The van der Waals surface area contributed by atoms with Crippen LogP contribution in [0.2, 0.25) is 5.15 Å². The Labute approximate surface area is 248 Å². The van der Waals surface area contributed by atoms with E-state index >= 15 is 0 Å². The van der Waals surface area contributed by atoms with Gasteiger partial charge in [0.2, 0.25) is 15.8 Å². The van der Waals surface area contributed by atoms with Gasteiger partial charge in [0, 0.05) is 54.4 Å². The Morgan fingerprint density at radius 2 is 1.81 bits per heavy atom. The van der Waals surface area contributed by atoms with Crippen LogP contribution in [0, 0.1) is 0 Å². The molecule has 1 aromatic carbocycles. The van der Waals surface area contributed by atoms with E-state index < -0.39 is 21.8 Å². The normalized spacial score (nSPS) is 18.1. The lowest BCUT2D eigenvalue weighted by Crippen LogP contribution is -2.51. The summed E-state index contributed by atoms with van der Waals surface area (Å²) in [5.74, 6) is -0.789. The first-order chi connectivity index (χ1) is 20.0. The summed E-state index contributed by atoms with van der Waals surface area (Å²) in [6.07, 6.45) is 7.44. The van der Waals surface area contributed by atoms with Crippen molar-refractivity contribution in [1.29, 1.82) is 0 Å². The minimum absolute atomic E-state index is 0.0207. The number of nitrogens with one attached hydrogen (secondary N) is 2. The van der Waals surface area contributed by atoms with Gasteiger partial charge in [-0.15, -0.1) is 0 Å². The number of nitrogen functional groups attached to an aromatic ring is 2. The summed E-state index contributed by atoms with van der Waals surface area (Å²) >= 11 is 5.91. The number of aromatic nitrogens is 3. The molecule has 2 aliphatic rings. The number of piperidine rings is 1. The van der Waals surface area contributed by atoms with E-state index in [0.717, 1.165) is 17.7 Å². The topological polar surface area (TPSA) is 186 Å². The summed E-state index contributed by atoms with van der Waals surface area (Å²) in [6, 6.07) is 9.08. The number of hydrogen-bond donors (Lipinski definition) is 4. The number of sulfonamides is 1. The maximum absolute atomic E-state index is 13.4. The van der Waals surface area contributed by atoms with Crippen molar-refractivity contribution in [3.63, 3.8) is 0 Å². The average Bonchev–Trinajstić information content (AvgIpc) is 3.36. The van der Waals surface area contributed by atoms with Gasteiger partial charge in [0.15, 0.2) is 22.5 Å². The Kier molecular flexibility index (Phi) is 8.17. The van der Waals surface area contributed by atoms with Gasteiger partial charge in [0.05, 0.1) is 4.90 Å². The smallest absolute Gasteiger partial charge is 0.253 e. The molecule has 12 nitrogen and oxygen atoms in total. The lowest BCUT2D eigenvalue weighted by molar-refractivity contribution is 0.0659. The number of nitrogens with two attached hydrogens (primary N) is 2. The molecule has 1 unspecified atom stereocenters. The Bertz CT molecular complexity index is 1660. The summed E-state index contributed by atoms with van der Waals surface area (Å²) < 4.78 is 28.8. The van der Waals surface area contributed by atoms with Crippen LogP contribution in [0.25, 0.3) is 0 Å². The lowest BCUT2D eigenvalue weighted by atomic mass is 9.86. The van der Waals surface area contributed by atoms with Crippen LogP contribution in [0.15, 0.2) is 65.5 Å². The van der Waals surface area contributed by atoms with Gasteiger partial charge >= 0.3 is 0 Å². The second kappa shape index (κ2) is 11.7. The third kappa shape index (κ3) is 6.22. The Morgan fingerprint density at radius 3 is 2.52 bits per heavy atom. The van der Waals surface area contributed by atoms with E-state index in [2.05, 4.69) is 25.0 Å². The Morgan fingerprint density at radius 1 is 1.10 bits per heavy atom. The second-order valence-corrected chi connectivity index (χ2v) is 12.6. The van der Waals surface area contributed by atoms with Gasteiger partial charge in [0.25, 0.3) is 5.91 Å². The number of hydrogen-bond acceptors (Lipinski definition) is 10. The van der Waals surface area contributed by atoms with Crippen LogP contribution in [-0.2, 0) is 10.0 Å². The third-order valence-electron chi connectivity index (χ3n) is 7.68. The molecule has 0 bridgehead atoms. The molecule has 2 fully saturated rings. The molecule has 14 heteroatoms. The van der Waals surface area contributed by atoms with Crippen LogP contribution < -0.4 is 21.5 Å². The number of rotatable bonds is 7. The molecule has 0 aliphatic carbocycles. The molecule has 1 amide bonds. The van der Waals surface area contributed by atoms with Crippen LogP contribution in [-0.4, -0.2) is 58.6 Å². The Balaban J connectivity index is 1.21. The molecule has 2 saturated heterocycles. The number of ketones is 1. The van der Waals surface area contributed by atoms with Crippen molar-refractivity contribution in [2.24, 2.45) is 0 Å². The molecule has 1 atom stereocenters. The van der Waals surface area contributed by atoms with Crippen molar-refractivity contribution in [2.45, 2.75) is 49.1 Å². The maximum Gasteiger partial charge on any atom is 0.253 e. The highest BCUT2D eigenvalue weighted by molar-refractivity contribution is 7.89. The van der Waals surface area contributed by atoms with Crippen LogP contribution >= 0.6 is 11.6 Å².